The van der Waals surface area contributed by atoms with Crippen LogP contribution in [0.5, 0.6) is 0 Å². The molecule has 0 saturated heterocycles. The number of nitro groups is 1. The van der Waals surface area contributed by atoms with E-state index in [0.29, 0.717) is 26.2 Å². The van der Waals surface area contributed by atoms with E-state index in [4.69, 9.17) is 0 Å². The molecule has 0 aliphatic carbocycles. The number of amides is 1. The first-order valence-electron chi connectivity index (χ1n) is 11.0. The highest BCUT2D eigenvalue weighted by atomic mass is 32.1. The largest absolute Gasteiger partial charge is 0.346 e. The highest BCUT2D eigenvalue weighted by molar-refractivity contribution is 7.08. The van der Waals surface area contributed by atoms with Gasteiger partial charge in [0.15, 0.2) is 0 Å². The number of hydrogen-bond donors (Lipinski definition) is 0. The van der Waals surface area contributed by atoms with Crippen molar-refractivity contribution in [1.29, 1.82) is 0 Å². The van der Waals surface area contributed by atoms with Crippen molar-refractivity contribution in [1.82, 2.24) is 4.57 Å². The number of non-ortho nitro benzene ring substituents is 1. The predicted octanol–water partition coefficient (Wildman–Crippen LogP) is 2.46. The van der Waals surface area contributed by atoms with Crippen LogP contribution in [0.3, 0.4) is 0 Å². The molecule has 2 aromatic carbocycles. The summed E-state index contributed by atoms with van der Waals surface area (Å²) in [5.74, 6) is -0.432. The van der Waals surface area contributed by atoms with Crippen LogP contribution in [-0.4, -0.2) is 28.2 Å². The summed E-state index contributed by atoms with van der Waals surface area (Å²) in [6.45, 7) is 5.88. The van der Waals surface area contributed by atoms with E-state index in [2.05, 4.69) is 25.0 Å². The van der Waals surface area contributed by atoms with E-state index >= 15 is 0 Å². The maximum absolute atomic E-state index is 13.5. The number of nitrogens with zero attached hydrogens (tertiary/aromatic N) is 5. The lowest BCUT2D eigenvalue weighted by atomic mass is 9.84. The molecule has 0 radical (unpaired) electrons. The molecule has 3 heterocycles. The zero-order valence-electron chi connectivity index (χ0n) is 19.9. The molecule has 0 fully saturated rings. The molecular weight excluding hydrogens is 466 g/mol. The van der Waals surface area contributed by atoms with Crippen LogP contribution in [0.15, 0.2) is 58.4 Å². The van der Waals surface area contributed by atoms with E-state index in [-0.39, 0.29) is 11.2 Å². The third kappa shape index (κ3) is 3.24. The second kappa shape index (κ2) is 7.74. The molecule has 1 amide bonds. The zero-order chi connectivity index (χ0) is 25.2. The lowest BCUT2D eigenvalue weighted by Crippen LogP contribution is -2.37. The average molecular weight is 490 g/mol. The molecule has 3 aromatic rings. The van der Waals surface area contributed by atoms with Crippen molar-refractivity contribution in [2.24, 2.45) is 12.1 Å². The molecule has 9 nitrogen and oxygen atoms in total. The van der Waals surface area contributed by atoms with Crippen LogP contribution in [0, 0.1) is 10.1 Å². The van der Waals surface area contributed by atoms with Crippen LogP contribution in [-0.2, 0) is 17.3 Å². The minimum absolute atomic E-state index is 0.134. The molecule has 2 aliphatic heterocycles. The van der Waals surface area contributed by atoms with Gasteiger partial charge < -0.3 is 9.47 Å². The summed E-state index contributed by atoms with van der Waals surface area (Å²) < 4.78 is 2.55. The average Bonchev–Trinajstić information content (AvgIpc) is 3.35. The number of rotatable bonds is 2. The number of hydrazone groups is 1. The first-order chi connectivity index (χ1) is 16.5. The third-order valence-electron chi connectivity index (χ3n) is 6.60. The van der Waals surface area contributed by atoms with Crippen LogP contribution in [0.25, 0.3) is 11.3 Å². The molecule has 0 unspecified atom stereocenters. The molecule has 0 spiro atoms. The Bertz CT molecular complexity index is 1650. The van der Waals surface area contributed by atoms with Gasteiger partial charge >= 0.3 is 0 Å². The summed E-state index contributed by atoms with van der Waals surface area (Å²) in [4.78, 5) is 39.6. The smallest absolute Gasteiger partial charge is 0.283 e. The van der Waals surface area contributed by atoms with Crippen molar-refractivity contribution >= 4 is 51.3 Å². The van der Waals surface area contributed by atoms with Gasteiger partial charge in [-0.2, -0.15) is 10.1 Å². The van der Waals surface area contributed by atoms with Crippen molar-refractivity contribution in [2.75, 3.05) is 17.0 Å². The zero-order valence-corrected chi connectivity index (χ0v) is 20.7. The molecular formula is C25H23N5O4S. The van der Waals surface area contributed by atoms with Gasteiger partial charge in [0.05, 0.1) is 27.6 Å². The van der Waals surface area contributed by atoms with Crippen molar-refractivity contribution in [3.8, 4) is 0 Å². The Morgan fingerprint density at radius 3 is 2.46 bits per heavy atom. The molecule has 0 atom stereocenters. The highest BCUT2D eigenvalue weighted by Crippen LogP contribution is 2.46. The second-order valence-electron chi connectivity index (χ2n) is 9.10. The molecule has 0 saturated carbocycles. The van der Waals surface area contributed by atoms with Gasteiger partial charge in [-0.3, -0.25) is 19.7 Å². The number of benzene rings is 2. The van der Waals surface area contributed by atoms with Gasteiger partial charge in [0.2, 0.25) is 0 Å². The van der Waals surface area contributed by atoms with Gasteiger partial charge in [0.1, 0.15) is 9.20 Å². The Morgan fingerprint density at radius 2 is 1.77 bits per heavy atom. The van der Waals surface area contributed by atoms with Crippen LogP contribution in [0.1, 0.15) is 26.3 Å². The fraction of sp³-hybridized carbons (Fsp3) is 0.240. The van der Waals surface area contributed by atoms with Crippen molar-refractivity contribution < 1.29 is 9.72 Å². The molecule has 35 heavy (non-hydrogen) atoms. The van der Waals surface area contributed by atoms with E-state index < -0.39 is 16.2 Å². The fourth-order valence-corrected chi connectivity index (χ4v) is 6.35. The molecule has 178 valence electrons. The van der Waals surface area contributed by atoms with E-state index in [1.165, 1.54) is 34.1 Å². The lowest BCUT2D eigenvalue weighted by Gasteiger charge is -2.23. The molecule has 1 aromatic heterocycles. The Hall–Kier alpha value is -4.05. The van der Waals surface area contributed by atoms with Crippen molar-refractivity contribution in [3.05, 3.63) is 83.8 Å². The summed E-state index contributed by atoms with van der Waals surface area (Å²) in [6.07, 6.45) is 0. The SMILES string of the molecule is CC1=NN(c2cccc([N+](=O)[O-])c2)C(=O)/C1=c1/s/c(=C2/N(C)c3ccccc3C2(C)C)c(=O)n1C. The number of para-hydroxylation sites is 1. The number of nitro benzene ring substituents is 1. The molecule has 2 aliphatic rings. The first kappa shape index (κ1) is 22.7. The monoisotopic (exact) mass is 489 g/mol. The van der Waals surface area contributed by atoms with E-state index in [0.717, 1.165) is 22.0 Å². The third-order valence-corrected chi connectivity index (χ3v) is 7.84. The van der Waals surface area contributed by atoms with E-state index in [9.17, 15) is 19.7 Å². The molecule has 10 heteroatoms. The molecule has 0 bridgehead atoms. The Morgan fingerprint density at radius 1 is 1.06 bits per heavy atom. The van der Waals surface area contributed by atoms with Crippen LogP contribution >= 0.6 is 11.3 Å². The lowest BCUT2D eigenvalue weighted by molar-refractivity contribution is -0.384. The summed E-state index contributed by atoms with van der Waals surface area (Å²) >= 11 is 1.27. The summed E-state index contributed by atoms with van der Waals surface area (Å²) in [6, 6.07) is 13.8. The van der Waals surface area contributed by atoms with Crippen LogP contribution in [0.4, 0.5) is 17.1 Å². The highest BCUT2D eigenvalue weighted by Gasteiger charge is 2.40. The normalized spacial score (nSPS) is 19.8. The first-order valence-corrected chi connectivity index (χ1v) is 11.8. The predicted molar refractivity (Wildman–Crippen MR) is 137 cm³/mol. The fourth-order valence-electron chi connectivity index (χ4n) is 4.89. The Labute approximate surface area is 204 Å². The van der Waals surface area contributed by atoms with E-state index in [1.807, 2.05) is 30.1 Å². The van der Waals surface area contributed by atoms with Crippen molar-refractivity contribution in [3.63, 3.8) is 0 Å². The van der Waals surface area contributed by atoms with Gasteiger partial charge in [0, 0.05) is 37.3 Å². The van der Waals surface area contributed by atoms with Crippen LogP contribution < -0.4 is 24.7 Å². The number of hydrogen-bond acceptors (Lipinski definition) is 7. The van der Waals surface area contributed by atoms with Gasteiger partial charge in [-0.15, -0.1) is 11.3 Å². The Kier molecular flexibility index (Phi) is 5.03. The number of carbonyl (C=O) groups is 1. The number of anilines is 2. The number of fused-ring (bicyclic) bond motifs is 1. The number of aromatic nitrogens is 1. The number of carbonyl (C=O) groups excluding carboxylic acids is 1. The topological polar surface area (TPSA) is 101 Å². The van der Waals surface area contributed by atoms with Gasteiger partial charge in [-0.05, 0) is 24.6 Å². The van der Waals surface area contributed by atoms with Gasteiger partial charge in [0.25, 0.3) is 17.2 Å². The van der Waals surface area contributed by atoms with E-state index in [1.54, 1.807) is 20.0 Å². The summed E-state index contributed by atoms with van der Waals surface area (Å²) in [5.41, 5.74) is 3.38. The summed E-state index contributed by atoms with van der Waals surface area (Å²) in [5, 5.41) is 16.7. The maximum atomic E-state index is 13.5. The Balaban J connectivity index is 1.72. The minimum atomic E-state index is -0.518. The minimum Gasteiger partial charge on any atom is -0.346 e. The second-order valence-corrected chi connectivity index (χ2v) is 10.1. The summed E-state index contributed by atoms with van der Waals surface area (Å²) in [7, 11) is 3.60. The van der Waals surface area contributed by atoms with Crippen LogP contribution in [0.2, 0.25) is 0 Å². The molecule has 0 N–H and O–H groups in total. The van der Waals surface area contributed by atoms with Gasteiger partial charge in [-0.25, -0.2) is 0 Å². The quantitative estimate of drug-likeness (QED) is 0.407. The van der Waals surface area contributed by atoms with Crippen molar-refractivity contribution in [2.45, 2.75) is 26.2 Å². The number of likely N-dealkylation sites (N-methyl/N-ethyl adjacent to an activating group) is 1. The number of thiazole rings is 1. The molecule has 5 rings (SSSR count). The maximum Gasteiger partial charge on any atom is 0.283 e. The standard InChI is InChI=1S/C25H23N5O4S/c1-14-19(22(31)29(26-14)15-9-8-10-16(13-15)30(33)34)24-28(5)23(32)20(35-24)21-25(2,3)17-11-6-7-12-18(17)27(21)4/h6-13H,1-5H3/b21-20+,24-19+. The van der Waals surface area contributed by atoms with Gasteiger partial charge in [-0.1, -0.05) is 38.1 Å².